The molecule has 1 N–H and O–H groups in total. The van der Waals surface area contributed by atoms with Gasteiger partial charge in [0.15, 0.2) is 0 Å². The van der Waals surface area contributed by atoms with Crippen LogP contribution in [0.1, 0.15) is 32.4 Å². The van der Waals surface area contributed by atoms with Crippen molar-refractivity contribution in [3.8, 4) is 0 Å². The highest BCUT2D eigenvalue weighted by Gasteiger charge is 2.32. The minimum atomic E-state index is -4.11. The number of benzene rings is 1. The van der Waals surface area contributed by atoms with E-state index in [2.05, 4.69) is 10.3 Å². The van der Waals surface area contributed by atoms with Gasteiger partial charge in [0.05, 0.1) is 37.3 Å². The van der Waals surface area contributed by atoms with E-state index in [4.69, 9.17) is 4.74 Å². The molecule has 0 saturated carbocycles. The predicted octanol–water partition coefficient (Wildman–Crippen LogP) is 1.26. The number of rotatable bonds is 6. The van der Waals surface area contributed by atoms with Gasteiger partial charge in [-0.05, 0) is 25.5 Å². The Morgan fingerprint density at radius 2 is 2.09 bits per heavy atom. The van der Waals surface area contributed by atoms with Crippen molar-refractivity contribution in [1.82, 2.24) is 24.2 Å². The van der Waals surface area contributed by atoms with Crippen LogP contribution in [-0.4, -0.2) is 82.5 Å². The lowest BCUT2D eigenvalue weighted by molar-refractivity contribution is -0.136. The molecule has 2 aromatic rings. The van der Waals surface area contributed by atoms with E-state index in [-0.39, 0.29) is 44.5 Å². The van der Waals surface area contributed by atoms with Gasteiger partial charge in [0.1, 0.15) is 10.7 Å². The van der Waals surface area contributed by atoms with Crippen LogP contribution >= 0.6 is 0 Å². The summed E-state index contributed by atoms with van der Waals surface area (Å²) in [5.74, 6) is -1.23. The first-order valence-corrected chi connectivity index (χ1v) is 12.7. The van der Waals surface area contributed by atoms with Gasteiger partial charge < -0.3 is 14.7 Å². The Bertz CT molecular complexity index is 1080. The number of ether oxygens (including phenoxy) is 1. The van der Waals surface area contributed by atoms with Crippen LogP contribution in [0.25, 0.3) is 0 Å². The molecule has 3 atom stereocenters. The fraction of sp³-hybridized carbons (Fsp3) is 0.591. The molecule has 2 heterocycles. The molecule has 1 aliphatic rings. The monoisotopic (exact) mass is 497 g/mol. The number of likely N-dealkylation sites (N-methyl/N-ethyl adjacent to an activating group) is 1. The number of carbonyl (C=O) groups excluding carboxylic acids is 1. The van der Waals surface area contributed by atoms with E-state index in [0.717, 1.165) is 10.4 Å². The number of amides is 1. The highest BCUT2D eigenvalue weighted by Crippen LogP contribution is 2.22. The predicted molar refractivity (Wildman–Crippen MR) is 121 cm³/mol. The van der Waals surface area contributed by atoms with E-state index in [0.29, 0.717) is 18.7 Å². The lowest BCUT2D eigenvalue weighted by Gasteiger charge is -2.35. The standard InChI is InChI=1S/C22H32FN5O5S/c1-16-12-27(17(2)14-29)22(30)9-6-10-28-18(11-24-25-28)15-33-20(16)13-26(3)34(31,32)21-8-5-4-7-19(21)23/h4-5,7-8,11,16-17,20,29H,6,9-10,12-15H2,1-3H3/t16-,17+,20+/m0/s1. The Hall–Kier alpha value is -2.41. The van der Waals surface area contributed by atoms with E-state index < -0.39 is 32.9 Å². The first kappa shape index (κ1) is 26.2. The Labute approximate surface area is 199 Å². The number of nitrogens with zero attached hydrogens (tertiary/aromatic N) is 5. The van der Waals surface area contributed by atoms with Gasteiger partial charge >= 0.3 is 0 Å². The first-order valence-electron chi connectivity index (χ1n) is 11.2. The van der Waals surface area contributed by atoms with Crippen LogP contribution < -0.4 is 0 Å². The minimum Gasteiger partial charge on any atom is -0.394 e. The van der Waals surface area contributed by atoms with Crippen molar-refractivity contribution in [2.45, 2.75) is 56.9 Å². The lowest BCUT2D eigenvalue weighted by Crippen LogP contribution is -2.48. The van der Waals surface area contributed by atoms with Gasteiger partial charge in [-0.1, -0.05) is 24.3 Å². The molecular formula is C22H32FN5O5S. The van der Waals surface area contributed by atoms with Gasteiger partial charge in [0.25, 0.3) is 0 Å². The second-order valence-electron chi connectivity index (χ2n) is 8.67. The zero-order valence-corrected chi connectivity index (χ0v) is 20.5. The molecule has 1 amide bonds. The normalized spacial score (nSPS) is 21.6. The summed E-state index contributed by atoms with van der Waals surface area (Å²) in [6.07, 6.45) is 1.79. The fourth-order valence-electron chi connectivity index (χ4n) is 3.92. The Kier molecular flexibility index (Phi) is 8.74. The number of hydrogen-bond donors (Lipinski definition) is 1. The number of aliphatic hydroxyl groups is 1. The molecule has 0 saturated heterocycles. The van der Waals surface area contributed by atoms with Crippen molar-refractivity contribution in [2.24, 2.45) is 5.92 Å². The highest BCUT2D eigenvalue weighted by atomic mass is 32.2. The average molecular weight is 498 g/mol. The van der Waals surface area contributed by atoms with Gasteiger partial charge in [-0.3, -0.25) is 4.79 Å². The average Bonchev–Trinajstić information content (AvgIpc) is 3.25. The summed E-state index contributed by atoms with van der Waals surface area (Å²) in [6.45, 7) is 4.27. The number of aliphatic hydroxyl groups excluding tert-OH is 1. The maximum Gasteiger partial charge on any atom is 0.245 e. The molecule has 188 valence electrons. The van der Waals surface area contributed by atoms with Crippen LogP contribution in [0.15, 0.2) is 35.4 Å². The molecule has 1 aliphatic heterocycles. The summed E-state index contributed by atoms with van der Waals surface area (Å²) in [4.78, 5) is 14.1. The molecule has 34 heavy (non-hydrogen) atoms. The van der Waals surface area contributed by atoms with Crippen LogP contribution in [0.3, 0.4) is 0 Å². The molecule has 0 spiro atoms. The molecule has 12 heteroatoms. The van der Waals surface area contributed by atoms with Gasteiger partial charge in [0.2, 0.25) is 15.9 Å². The molecule has 3 rings (SSSR count). The summed E-state index contributed by atoms with van der Waals surface area (Å²) in [6, 6.07) is 4.81. The molecule has 0 radical (unpaired) electrons. The second-order valence-corrected chi connectivity index (χ2v) is 10.7. The fourth-order valence-corrected chi connectivity index (χ4v) is 5.16. The Balaban J connectivity index is 1.88. The van der Waals surface area contributed by atoms with E-state index >= 15 is 0 Å². The van der Waals surface area contributed by atoms with Crippen LogP contribution in [0.2, 0.25) is 0 Å². The highest BCUT2D eigenvalue weighted by molar-refractivity contribution is 7.89. The van der Waals surface area contributed by atoms with Crippen molar-refractivity contribution in [2.75, 3.05) is 26.7 Å². The summed E-state index contributed by atoms with van der Waals surface area (Å²) in [5.41, 5.74) is 0.713. The third kappa shape index (κ3) is 5.98. The number of aromatic nitrogens is 3. The summed E-state index contributed by atoms with van der Waals surface area (Å²) in [7, 11) is -2.74. The molecule has 1 aromatic heterocycles. The summed E-state index contributed by atoms with van der Waals surface area (Å²) >= 11 is 0. The maximum atomic E-state index is 14.2. The minimum absolute atomic E-state index is 0.0606. The number of aryl methyl sites for hydroxylation is 1. The van der Waals surface area contributed by atoms with Gasteiger partial charge in [-0.25, -0.2) is 17.5 Å². The number of sulfonamides is 1. The van der Waals surface area contributed by atoms with Crippen molar-refractivity contribution >= 4 is 15.9 Å². The van der Waals surface area contributed by atoms with Gasteiger partial charge in [-0.2, -0.15) is 4.31 Å². The number of hydrogen-bond acceptors (Lipinski definition) is 7. The van der Waals surface area contributed by atoms with Crippen LogP contribution in [0.4, 0.5) is 4.39 Å². The van der Waals surface area contributed by atoms with Gasteiger partial charge in [-0.15, -0.1) is 5.10 Å². The zero-order valence-electron chi connectivity index (χ0n) is 19.7. The number of halogens is 1. The van der Waals surface area contributed by atoms with E-state index in [1.54, 1.807) is 22.7 Å². The lowest BCUT2D eigenvalue weighted by atomic mass is 10.0. The largest absolute Gasteiger partial charge is 0.394 e. The van der Waals surface area contributed by atoms with Crippen LogP contribution in [0, 0.1) is 11.7 Å². The third-order valence-electron chi connectivity index (χ3n) is 6.10. The Morgan fingerprint density at radius 3 is 2.79 bits per heavy atom. The third-order valence-corrected chi connectivity index (χ3v) is 7.96. The van der Waals surface area contributed by atoms with E-state index in [1.807, 2.05) is 6.92 Å². The molecule has 0 bridgehead atoms. The van der Waals surface area contributed by atoms with Crippen molar-refractivity contribution < 1.29 is 27.4 Å². The summed E-state index contributed by atoms with van der Waals surface area (Å²) < 4.78 is 49.2. The first-order chi connectivity index (χ1) is 16.1. The molecule has 10 nitrogen and oxygen atoms in total. The smallest absolute Gasteiger partial charge is 0.245 e. The van der Waals surface area contributed by atoms with Crippen molar-refractivity contribution in [3.63, 3.8) is 0 Å². The quantitative estimate of drug-likeness (QED) is 0.638. The van der Waals surface area contributed by atoms with Crippen molar-refractivity contribution in [1.29, 1.82) is 0 Å². The Morgan fingerprint density at radius 1 is 1.35 bits per heavy atom. The molecule has 0 fully saturated rings. The summed E-state index contributed by atoms with van der Waals surface area (Å²) in [5, 5.41) is 17.6. The maximum absolute atomic E-state index is 14.2. The molecular weight excluding hydrogens is 465 g/mol. The van der Waals surface area contributed by atoms with Crippen molar-refractivity contribution in [3.05, 3.63) is 42.0 Å². The SMILES string of the molecule is C[C@H](CO)N1C[C@H](C)[C@@H](CN(C)S(=O)(=O)c2ccccc2F)OCc2cnnn2CCCC1=O. The van der Waals surface area contributed by atoms with E-state index in [9.17, 15) is 22.7 Å². The zero-order chi connectivity index (χ0) is 24.9. The van der Waals surface area contributed by atoms with Crippen LogP contribution in [-0.2, 0) is 32.7 Å². The molecule has 1 aromatic carbocycles. The number of fused-ring (bicyclic) bond motifs is 1. The van der Waals surface area contributed by atoms with E-state index in [1.165, 1.54) is 25.2 Å². The topological polar surface area (TPSA) is 118 Å². The second kappa shape index (κ2) is 11.3. The molecule has 0 aliphatic carbocycles. The van der Waals surface area contributed by atoms with Crippen LogP contribution in [0.5, 0.6) is 0 Å². The number of carbonyl (C=O) groups is 1. The molecule has 0 unspecified atom stereocenters. The van der Waals surface area contributed by atoms with Gasteiger partial charge in [0, 0.05) is 39.0 Å².